The zero-order valence-electron chi connectivity index (χ0n) is 15.1. The van der Waals surface area contributed by atoms with Gasteiger partial charge in [0.2, 0.25) is 17.6 Å². The topological polar surface area (TPSA) is 84.4 Å². The van der Waals surface area contributed by atoms with E-state index in [1.165, 1.54) is 12.3 Å². The molecule has 148 valence electrons. The number of furan rings is 1. The summed E-state index contributed by atoms with van der Waals surface area (Å²) < 4.78 is 49.1. The molecule has 3 rings (SSSR count). The second kappa shape index (κ2) is 7.75. The van der Waals surface area contributed by atoms with Crippen LogP contribution in [0.4, 0.5) is 24.5 Å². The van der Waals surface area contributed by atoms with Crippen LogP contribution >= 0.6 is 0 Å². The molecule has 0 saturated carbocycles. The predicted molar refractivity (Wildman–Crippen MR) is 94.7 cm³/mol. The van der Waals surface area contributed by atoms with E-state index in [4.69, 9.17) is 8.94 Å². The number of amides is 1. The Morgan fingerprint density at radius 2 is 2.04 bits per heavy atom. The highest BCUT2D eigenvalue weighted by atomic mass is 19.4. The Labute approximate surface area is 158 Å². The standard InChI is InChI=1S/C18H17F3N4O3/c1-25(2)13-6-5-11(18(19,20)21)10-12(13)22-15(26)7-8-16-23-17(24-28-16)14-4-3-9-27-14/h3-6,9-10H,7-8H2,1-2H3,(H,22,26). The molecule has 1 aromatic carbocycles. The summed E-state index contributed by atoms with van der Waals surface area (Å²) in [5.41, 5.74) is -0.306. The van der Waals surface area contributed by atoms with Crippen LogP contribution in [0.15, 0.2) is 45.5 Å². The van der Waals surface area contributed by atoms with Crippen molar-refractivity contribution in [2.75, 3.05) is 24.3 Å². The van der Waals surface area contributed by atoms with E-state index < -0.39 is 17.6 Å². The average molecular weight is 394 g/mol. The number of carbonyl (C=O) groups is 1. The number of nitrogens with one attached hydrogen (secondary N) is 1. The molecule has 0 aliphatic rings. The number of anilines is 2. The molecule has 0 spiro atoms. The van der Waals surface area contributed by atoms with Crippen molar-refractivity contribution in [1.82, 2.24) is 10.1 Å². The molecule has 0 aliphatic carbocycles. The SMILES string of the molecule is CN(C)c1ccc(C(F)(F)F)cc1NC(=O)CCc1nc(-c2ccco2)no1. The lowest BCUT2D eigenvalue weighted by molar-refractivity contribution is -0.137. The molecule has 10 heteroatoms. The van der Waals surface area contributed by atoms with E-state index in [1.54, 1.807) is 31.1 Å². The molecule has 28 heavy (non-hydrogen) atoms. The number of hydrogen-bond donors (Lipinski definition) is 1. The lowest BCUT2D eigenvalue weighted by atomic mass is 10.1. The minimum absolute atomic E-state index is 0.0388. The summed E-state index contributed by atoms with van der Waals surface area (Å²) in [5, 5.41) is 6.27. The predicted octanol–water partition coefficient (Wildman–Crippen LogP) is 3.99. The Morgan fingerprint density at radius 1 is 1.25 bits per heavy atom. The van der Waals surface area contributed by atoms with Crippen LogP contribution in [0, 0.1) is 0 Å². The van der Waals surface area contributed by atoms with Gasteiger partial charge in [0.1, 0.15) is 0 Å². The summed E-state index contributed by atoms with van der Waals surface area (Å²) in [6, 6.07) is 6.54. The maximum atomic E-state index is 13.0. The second-order valence-corrected chi connectivity index (χ2v) is 6.16. The normalized spacial score (nSPS) is 11.5. The van der Waals surface area contributed by atoms with Crippen LogP contribution in [0.2, 0.25) is 0 Å². The van der Waals surface area contributed by atoms with E-state index in [2.05, 4.69) is 15.5 Å². The van der Waals surface area contributed by atoms with Crippen molar-refractivity contribution < 1.29 is 26.9 Å². The zero-order valence-corrected chi connectivity index (χ0v) is 15.1. The molecule has 1 amide bonds. The summed E-state index contributed by atoms with van der Waals surface area (Å²) in [5.74, 6) is 0.436. The third kappa shape index (κ3) is 4.51. The van der Waals surface area contributed by atoms with E-state index in [1.807, 2.05) is 0 Å². The van der Waals surface area contributed by atoms with Crippen molar-refractivity contribution in [1.29, 1.82) is 0 Å². The van der Waals surface area contributed by atoms with Gasteiger partial charge in [0.05, 0.1) is 23.2 Å². The largest absolute Gasteiger partial charge is 0.461 e. The van der Waals surface area contributed by atoms with Gasteiger partial charge in [-0.15, -0.1) is 0 Å². The average Bonchev–Trinajstić information content (AvgIpc) is 3.30. The Kier molecular flexibility index (Phi) is 5.39. The maximum Gasteiger partial charge on any atom is 0.416 e. The highest BCUT2D eigenvalue weighted by Gasteiger charge is 2.31. The van der Waals surface area contributed by atoms with Gasteiger partial charge in [-0.1, -0.05) is 5.16 Å². The van der Waals surface area contributed by atoms with Crippen LogP contribution in [0.1, 0.15) is 17.9 Å². The van der Waals surface area contributed by atoms with Gasteiger partial charge < -0.3 is 19.2 Å². The minimum atomic E-state index is -4.50. The molecule has 0 bridgehead atoms. The fourth-order valence-corrected chi connectivity index (χ4v) is 2.50. The summed E-state index contributed by atoms with van der Waals surface area (Å²) in [6.45, 7) is 0. The zero-order chi connectivity index (χ0) is 20.3. The number of rotatable bonds is 6. The molecule has 0 unspecified atom stereocenters. The first-order chi connectivity index (χ1) is 13.2. The summed E-state index contributed by atoms with van der Waals surface area (Å²) in [4.78, 5) is 18.0. The van der Waals surface area contributed by atoms with E-state index in [9.17, 15) is 18.0 Å². The molecule has 0 saturated heterocycles. The monoisotopic (exact) mass is 394 g/mol. The van der Waals surface area contributed by atoms with E-state index in [-0.39, 0.29) is 30.2 Å². The first kappa shape index (κ1) is 19.5. The van der Waals surface area contributed by atoms with Crippen molar-refractivity contribution in [2.24, 2.45) is 0 Å². The molecule has 2 heterocycles. The fraction of sp³-hybridized carbons (Fsp3) is 0.278. The Hall–Kier alpha value is -3.30. The molecular weight excluding hydrogens is 377 g/mol. The van der Waals surface area contributed by atoms with Gasteiger partial charge in [-0.25, -0.2) is 0 Å². The third-order valence-electron chi connectivity index (χ3n) is 3.86. The van der Waals surface area contributed by atoms with Gasteiger partial charge in [-0.2, -0.15) is 18.2 Å². The van der Waals surface area contributed by atoms with Crippen molar-refractivity contribution in [3.8, 4) is 11.6 Å². The third-order valence-corrected chi connectivity index (χ3v) is 3.86. The van der Waals surface area contributed by atoms with Crippen LogP contribution < -0.4 is 10.2 Å². The second-order valence-electron chi connectivity index (χ2n) is 6.16. The van der Waals surface area contributed by atoms with Gasteiger partial charge in [-0.3, -0.25) is 4.79 Å². The van der Waals surface area contributed by atoms with E-state index >= 15 is 0 Å². The quantitative estimate of drug-likeness (QED) is 0.681. The molecule has 0 fully saturated rings. The smallest absolute Gasteiger partial charge is 0.416 e. The van der Waals surface area contributed by atoms with Crippen molar-refractivity contribution >= 4 is 17.3 Å². The number of carbonyl (C=O) groups excluding carboxylic acids is 1. The molecule has 0 atom stereocenters. The van der Waals surface area contributed by atoms with Crippen LogP contribution in [0.5, 0.6) is 0 Å². The summed E-state index contributed by atoms with van der Waals surface area (Å²) in [6.07, 6.45) is -2.94. The lowest BCUT2D eigenvalue weighted by Gasteiger charge is -2.19. The summed E-state index contributed by atoms with van der Waals surface area (Å²) >= 11 is 0. The number of nitrogens with zero attached hydrogens (tertiary/aromatic N) is 3. The number of alkyl halides is 3. The van der Waals surface area contributed by atoms with Crippen LogP contribution in [-0.2, 0) is 17.4 Å². The molecule has 2 aromatic heterocycles. The van der Waals surface area contributed by atoms with Crippen LogP contribution in [-0.4, -0.2) is 30.1 Å². The first-order valence-corrected chi connectivity index (χ1v) is 8.29. The molecule has 0 radical (unpaired) electrons. The lowest BCUT2D eigenvalue weighted by Crippen LogP contribution is -2.18. The molecule has 0 aliphatic heterocycles. The number of hydrogen-bond acceptors (Lipinski definition) is 6. The van der Waals surface area contributed by atoms with Gasteiger partial charge >= 0.3 is 6.18 Å². The fourth-order valence-electron chi connectivity index (χ4n) is 2.50. The Balaban J connectivity index is 1.67. The highest BCUT2D eigenvalue weighted by molar-refractivity contribution is 5.94. The minimum Gasteiger partial charge on any atom is -0.461 e. The van der Waals surface area contributed by atoms with E-state index in [0.29, 0.717) is 11.4 Å². The number of aryl methyl sites for hydroxylation is 1. The van der Waals surface area contributed by atoms with Gasteiger partial charge in [0.25, 0.3) is 0 Å². The van der Waals surface area contributed by atoms with Crippen molar-refractivity contribution in [3.05, 3.63) is 48.0 Å². The number of aromatic nitrogens is 2. The Bertz CT molecular complexity index is 949. The first-order valence-electron chi connectivity index (χ1n) is 8.29. The number of halogens is 3. The van der Waals surface area contributed by atoms with E-state index in [0.717, 1.165) is 12.1 Å². The molecular formula is C18H17F3N4O3. The maximum absolute atomic E-state index is 13.0. The van der Waals surface area contributed by atoms with Gasteiger partial charge in [-0.05, 0) is 30.3 Å². The molecule has 7 nitrogen and oxygen atoms in total. The van der Waals surface area contributed by atoms with Crippen molar-refractivity contribution in [3.63, 3.8) is 0 Å². The van der Waals surface area contributed by atoms with Gasteiger partial charge in [0, 0.05) is 26.9 Å². The van der Waals surface area contributed by atoms with Crippen molar-refractivity contribution in [2.45, 2.75) is 19.0 Å². The van der Waals surface area contributed by atoms with Gasteiger partial charge in [0.15, 0.2) is 5.76 Å². The Morgan fingerprint density at radius 3 is 2.68 bits per heavy atom. The van der Waals surface area contributed by atoms with Crippen LogP contribution in [0.25, 0.3) is 11.6 Å². The molecule has 3 aromatic rings. The molecule has 1 N–H and O–H groups in total. The summed E-state index contributed by atoms with van der Waals surface area (Å²) in [7, 11) is 3.35. The highest BCUT2D eigenvalue weighted by Crippen LogP contribution is 2.35. The number of benzene rings is 1. The van der Waals surface area contributed by atoms with Crippen LogP contribution in [0.3, 0.4) is 0 Å².